The summed E-state index contributed by atoms with van der Waals surface area (Å²) < 4.78 is 27.1. The van der Waals surface area contributed by atoms with Gasteiger partial charge in [-0.3, -0.25) is 0 Å². The highest BCUT2D eigenvalue weighted by Crippen LogP contribution is 2.66. The standard InChI is InChI=1S/C70H62N2O2Si2.C66H44N4O2/c1-69(2)57-41-45(71(43-29-34-46(35-30-43)75(5,6)7)59-25-17-23-54-50-20-13-15-27-62(50)73-67(54)59)33-38-48(57)53-39-40-56-64-52-22-12-11-19-49(52)61(42-58(64)70(3,4)66(56)65(53)69)72(44-31-36-47(37-32-44)76(8,9)10)60-26-18-24-55-51-21-14-16-28-63(51)74-68(55)60;1-65(2)53-37-43(69(41-29-25-39(67-5)26-30-41)55-21-13-19-50-46-16-9-11-23-58(46)71-63(50)55)33-34-44(53)49-35-36-52-60-48-18-8-7-15-45(48)57(38-54(60)66(3,4)62(52)61(49)65)70(42-31-27-40(68-6)28-32-42)56-22-14-20-51-47-17-10-12-24-59(47)72-64(51)56/h11-42H,1-10H3;7-38H,1-4H3. The number of anilines is 12. The smallest absolute Gasteiger partial charge is 0.187 e. The van der Waals surface area contributed by atoms with Crippen LogP contribution < -0.4 is 30.0 Å². The molecule has 24 aromatic rings. The summed E-state index contributed by atoms with van der Waals surface area (Å²) in [7, 11) is -3.13. The average molecular weight is 1940 g/mol. The first-order valence-electron chi connectivity index (χ1n) is 51.4. The zero-order valence-corrected chi connectivity index (χ0v) is 87.3. The second kappa shape index (κ2) is 32.6. The fourth-order valence-corrected chi connectivity index (χ4v) is 27.9. The number of furan rings is 4. The molecule has 4 aliphatic carbocycles. The first kappa shape index (κ1) is 89.6. The minimum atomic E-state index is -1.58. The van der Waals surface area contributed by atoms with Crippen molar-refractivity contribution in [2.45, 2.75) is 116 Å². The van der Waals surface area contributed by atoms with E-state index in [9.17, 15) is 0 Å². The Morgan fingerprint density at radius 2 is 0.453 bits per heavy atom. The summed E-state index contributed by atoms with van der Waals surface area (Å²) in [5.74, 6) is 0. The number of para-hydroxylation sites is 8. The summed E-state index contributed by atoms with van der Waals surface area (Å²) in [4.78, 5) is 17.0. The third-order valence-electron chi connectivity index (χ3n) is 32.7. The lowest BCUT2D eigenvalue weighted by molar-refractivity contribution is 0.601. The Balaban J connectivity index is 0.000000146. The maximum atomic E-state index is 7.78. The molecule has 4 aromatic heterocycles. The van der Waals surface area contributed by atoms with E-state index in [-0.39, 0.29) is 16.2 Å². The Morgan fingerprint density at radius 1 is 0.209 bits per heavy atom. The van der Waals surface area contributed by atoms with Gasteiger partial charge in [0.2, 0.25) is 0 Å². The van der Waals surface area contributed by atoms with Crippen molar-refractivity contribution in [3.8, 4) is 44.5 Å². The van der Waals surface area contributed by atoms with Crippen molar-refractivity contribution in [2.24, 2.45) is 0 Å². The molecule has 0 spiro atoms. The van der Waals surface area contributed by atoms with E-state index in [4.69, 9.17) is 30.8 Å². The van der Waals surface area contributed by atoms with E-state index in [1.807, 2.05) is 60.7 Å². The van der Waals surface area contributed by atoms with Gasteiger partial charge in [0.1, 0.15) is 22.3 Å². The summed E-state index contributed by atoms with van der Waals surface area (Å²) in [6, 6.07) is 140. The third kappa shape index (κ3) is 13.3. The van der Waals surface area contributed by atoms with E-state index in [1.54, 1.807) is 0 Å². The van der Waals surface area contributed by atoms with Crippen LogP contribution in [0.2, 0.25) is 39.3 Å². The molecule has 28 rings (SSSR count). The largest absolute Gasteiger partial charge is 0.454 e. The number of nitrogens with zero attached hydrogens (tertiary/aromatic N) is 6. The Morgan fingerprint density at radius 3 is 0.764 bits per heavy atom. The molecule has 0 aliphatic heterocycles. The molecular weight excluding hydrogens is 1840 g/mol. The van der Waals surface area contributed by atoms with E-state index in [1.165, 1.54) is 116 Å². The molecule has 0 amide bonds. The van der Waals surface area contributed by atoms with Gasteiger partial charge >= 0.3 is 0 Å². The minimum Gasteiger partial charge on any atom is -0.454 e. The predicted octanol–water partition coefficient (Wildman–Crippen LogP) is 38.6. The zero-order chi connectivity index (χ0) is 101. The first-order valence-corrected chi connectivity index (χ1v) is 58.4. The normalized spacial score (nSPS) is 14.1. The van der Waals surface area contributed by atoms with Crippen LogP contribution in [0.5, 0.6) is 0 Å². The van der Waals surface area contributed by atoms with Gasteiger partial charge in [-0.15, -0.1) is 0 Å². The Bertz CT molecular complexity index is 9870. The number of fused-ring (bicyclic) bond motifs is 30. The van der Waals surface area contributed by atoms with Crippen LogP contribution in [-0.2, 0) is 21.7 Å². The van der Waals surface area contributed by atoms with Gasteiger partial charge in [0.05, 0.1) is 63.4 Å². The van der Waals surface area contributed by atoms with E-state index < -0.39 is 21.6 Å². The number of hydrogen-bond donors (Lipinski definition) is 0. The van der Waals surface area contributed by atoms with Crippen molar-refractivity contribution < 1.29 is 17.7 Å². The van der Waals surface area contributed by atoms with Crippen LogP contribution in [0.3, 0.4) is 0 Å². The lowest BCUT2D eigenvalue weighted by Crippen LogP contribution is -2.37. The van der Waals surface area contributed by atoms with Gasteiger partial charge in [0, 0.05) is 110 Å². The van der Waals surface area contributed by atoms with Crippen molar-refractivity contribution in [2.75, 3.05) is 19.6 Å². The third-order valence-corrected chi connectivity index (χ3v) is 36.9. The SMILES string of the molecule is CC1(C)c2cc(N(c3ccc([Si](C)(C)C)cc3)c3cccc4c3oc3ccccc34)ccc2-c2ccc3c(c21)C(C)(C)c1cc(N(c2ccc([Si](C)(C)C)cc2)c2cccc4c2oc2ccccc24)c2ccccc2c1-3.[C-]#[N+]c1ccc(N(c2ccc3c(c2)C(C)(C)c2c-3ccc3c2C(C)(C)c2cc(N(c4ccc([N+]#[C-])cc4)c4cccc5c4oc4ccccc45)c4ccccc4c2-3)c2cccc3c2oc2ccccc23)cc1. The molecule has 20 aromatic carbocycles. The van der Waals surface area contributed by atoms with Crippen molar-refractivity contribution in [3.63, 3.8) is 0 Å². The molecule has 0 saturated heterocycles. The highest BCUT2D eigenvalue weighted by atomic mass is 28.3. The molecule has 0 fully saturated rings. The highest BCUT2D eigenvalue weighted by Gasteiger charge is 2.50. The maximum absolute atomic E-state index is 7.78. The maximum Gasteiger partial charge on any atom is 0.187 e. The van der Waals surface area contributed by atoms with E-state index in [0.29, 0.717) is 11.4 Å². The quantitative estimate of drug-likeness (QED) is 0.0788. The molecule has 4 aliphatic rings. The van der Waals surface area contributed by atoms with Crippen molar-refractivity contribution >= 4 is 215 Å². The Labute approximate surface area is 862 Å². The van der Waals surface area contributed by atoms with Gasteiger partial charge in [-0.2, -0.15) is 0 Å². The molecule has 0 bridgehead atoms. The fourth-order valence-electron chi connectivity index (χ4n) is 25.6. The van der Waals surface area contributed by atoms with Gasteiger partial charge < -0.3 is 37.3 Å². The number of hydrogen-bond acceptors (Lipinski definition) is 8. The van der Waals surface area contributed by atoms with Crippen LogP contribution >= 0.6 is 0 Å². The van der Waals surface area contributed by atoms with Crippen molar-refractivity contribution in [1.29, 1.82) is 0 Å². The van der Waals surface area contributed by atoms with Crippen LogP contribution in [-0.4, -0.2) is 16.1 Å². The van der Waals surface area contributed by atoms with E-state index in [0.717, 1.165) is 161 Å². The number of benzene rings is 20. The Hall–Kier alpha value is -17.3. The second-order valence-corrected chi connectivity index (χ2v) is 54.9. The molecule has 148 heavy (non-hydrogen) atoms. The number of rotatable bonds is 14. The minimum absolute atomic E-state index is 0.330. The average Bonchev–Trinajstić information content (AvgIpc) is 1.52. The summed E-state index contributed by atoms with van der Waals surface area (Å²) >= 11 is 0. The van der Waals surface area contributed by atoms with Gasteiger partial charge in [0.25, 0.3) is 0 Å². The lowest BCUT2D eigenvalue weighted by atomic mass is 9.72. The van der Waals surface area contributed by atoms with Gasteiger partial charge in [-0.05, 0) is 233 Å². The molecule has 4 heterocycles. The molecule has 10 nitrogen and oxygen atoms in total. The topological polar surface area (TPSA) is 74.2 Å². The lowest BCUT2D eigenvalue weighted by Gasteiger charge is -2.32. The van der Waals surface area contributed by atoms with E-state index >= 15 is 0 Å². The molecule has 0 N–H and O–H groups in total. The van der Waals surface area contributed by atoms with Crippen LogP contribution in [0.15, 0.2) is 406 Å². The highest BCUT2D eigenvalue weighted by molar-refractivity contribution is 6.89. The van der Waals surface area contributed by atoms with Crippen molar-refractivity contribution in [3.05, 3.63) is 456 Å². The van der Waals surface area contributed by atoms with Gasteiger partial charge in [-0.1, -0.05) is 360 Å². The molecule has 0 radical (unpaired) electrons. The summed E-state index contributed by atoms with van der Waals surface area (Å²) in [6.45, 7) is 49.4. The molecule has 0 unspecified atom stereocenters. The summed E-state index contributed by atoms with van der Waals surface area (Å²) in [6.07, 6.45) is 0. The molecule has 0 atom stereocenters. The van der Waals surface area contributed by atoms with Crippen LogP contribution in [0, 0.1) is 13.1 Å². The zero-order valence-electron chi connectivity index (χ0n) is 85.3. The van der Waals surface area contributed by atoms with Crippen LogP contribution in [0.4, 0.5) is 79.6 Å². The predicted molar refractivity (Wildman–Crippen MR) is 624 cm³/mol. The summed E-state index contributed by atoms with van der Waals surface area (Å²) in [5, 5.41) is 16.4. The molecule has 712 valence electrons. The second-order valence-electron chi connectivity index (χ2n) is 44.7. The molecule has 12 heteroatoms. The van der Waals surface area contributed by atoms with Crippen LogP contribution in [0.25, 0.3) is 163 Å². The Kier molecular flexibility index (Phi) is 19.7. The molecular formula is C136H106N6O4Si2. The van der Waals surface area contributed by atoms with E-state index in [2.05, 4.69) is 452 Å². The van der Waals surface area contributed by atoms with Gasteiger partial charge in [-0.25, -0.2) is 9.69 Å². The molecule has 0 saturated carbocycles. The first-order chi connectivity index (χ1) is 71.6. The van der Waals surface area contributed by atoms with Gasteiger partial charge in [0.15, 0.2) is 33.7 Å². The fraction of sp³-hybridized carbons (Fsp3) is 0.132. The van der Waals surface area contributed by atoms with Crippen molar-refractivity contribution in [1.82, 2.24) is 0 Å². The summed E-state index contributed by atoms with van der Waals surface area (Å²) in [5.41, 5.74) is 40.0. The monoisotopic (exact) mass is 1940 g/mol. The van der Waals surface area contributed by atoms with Crippen LogP contribution in [0.1, 0.15) is 99.9 Å².